The molecule has 2 aromatic carbocycles. The van der Waals surface area contributed by atoms with Crippen molar-refractivity contribution in [2.45, 2.75) is 9.79 Å². The number of benzene rings is 2. The zero-order valence-electron chi connectivity index (χ0n) is 12.7. The number of hydrogen-bond donors (Lipinski definition) is 1. The average Bonchev–Trinajstić information content (AvgIpc) is 2.43. The second-order valence-electron chi connectivity index (χ2n) is 5.38. The van der Waals surface area contributed by atoms with Crippen LogP contribution in [0.25, 0.3) is 0 Å². The number of fused-ring (bicyclic) bond motifs is 2. The summed E-state index contributed by atoms with van der Waals surface area (Å²) in [6.07, 6.45) is 0. The van der Waals surface area contributed by atoms with Crippen LogP contribution in [-0.2, 0) is 0 Å². The molecule has 1 heterocycles. The highest BCUT2D eigenvalue weighted by Crippen LogP contribution is 2.46. The van der Waals surface area contributed by atoms with Crippen LogP contribution in [0.15, 0.2) is 46.2 Å². The Morgan fingerprint density at radius 2 is 1.19 bits per heavy atom. The maximum absolute atomic E-state index is 3.51. The molecule has 1 N–H and O–H groups in total. The van der Waals surface area contributed by atoms with Gasteiger partial charge in [-0.1, -0.05) is 11.8 Å². The molecule has 0 radical (unpaired) electrons. The standard InChI is InChI=1S/C16H19N3S.ClH/c1-18(2)11-5-7-13-15(9-11)20-16-10-12(19(3)4)6-8-14(16)17-13;/h5-10,17H,1-4H3;1H. The second-order valence-corrected chi connectivity index (χ2v) is 6.46. The van der Waals surface area contributed by atoms with Crippen molar-refractivity contribution in [1.29, 1.82) is 0 Å². The summed E-state index contributed by atoms with van der Waals surface area (Å²) in [5.74, 6) is 0. The minimum Gasteiger partial charge on any atom is -0.378 e. The van der Waals surface area contributed by atoms with Gasteiger partial charge in [0.15, 0.2) is 0 Å². The lowest BCUT2D eigenvalue weighted by molar-refractivity contribution is 1.11. The van der Waals surface area contributed by atoms with Crippen molar-refractivity contribution in [1.82, 2.24) is 0 Å². The highest BCUT2D eigenvalue weighted by molar-refractivity contribution is 7.99. The highest BCUT2D eigenvalue weighted by atomic mass is 35.5. The van der Waals surface area contributed by atoms with Crippen molar-refractivity contribution in [3.05, 3.63) is 36.4 Å². The molecule has 0 unspecified atom stereocenters. The Morgan fingerprint density at radius 1 is 0.762 bits per heavy atom. The quantitative estimate of drug-likeness (QED) is 0.751. The van der Waals surface area contributed by atoms with Crippen LogP contribution in [0.1, 0.15) is 0 Å². The molecule has 3 rings (SSSR count). The number of nitrogens with one attached hydrogen (secondary N) is 1. The summed E-state index contributed by atoms with van der Waals surface area (Å²) in [6.45, 7) is 0. The van der Waals surface area contributed by atoms with Gasteiger partial charge in [-0.3, -0.25) is 0 Å². The third-order valence-corrected chi connectivity index (χ3v) is 4.57. The van der Waals surface area contributed by atoms with E-state index < -0.39 is 0 Å². The second kappa shape index (κ2) is 6.08. The number of hydrogen-bond acceptors (Lipinski definition) is 4. The van der Waals surface area contributed by atoms with E-state index >= 15 is 0 Å². The molecule has 0 fully saturated rings. The van der Waals surface area contributed by atoms with Crippen molar-refractivity contribution in [3.63, 3.8) is 0 Å². The van der Waals surface area contributed by atoms with Crippen LogP contribution in [0.2, 0.25) is 0 Å². The van der Waals surface area contributed by atoms with Gasteiger partial charge >= 0.3 is 0 Å². The van der Waals surface area contributed by atoms with E-state index in [1.807, 2.05) is 11.8 Å². The van der Waals surface area contributed by atoms with Gasteiger partial charge in [-0.15, -0.1) is 12.4 Å². The summed E-state index contributed by atoms with van der Waals surface area (Å²) >= 11 is 1.83. The molecule has 1 aliphatic heterocycles. The Kier molecular flexibility index (Phi) is 4.59. The van der Waals surface area contributed by atoms with Crippen LogP contribution in [0.3, 0.4) is 0 Å². The van der Waals surface area contributed by atoms with E-state index in [2.05, 4.69) is 79.7 Å². The predicted molar refractivity (Wildman–Crippen MR) is 96.2 cm³/mol. The SMILES string of the molecule is CN(C)c1ccc2c(c1)Sc1cc(N(C)C)ccc1N2.Cl. The Balaban J connectivity index is 0.00000161. The van der Waals surface area contributed by atoms with Gasteiger partial charge in [0.25, 0.3) is 0 Å². The molecule has 0 atom stereocenters. The molecule has 0 spiro atoms. The molecule has 5 heteroatoms. The number of nitrogens with zero attached hydrogens (tertiary/aromatic N) is 2. The Bertz CT molecular complexity index is 600. The molecule has 0 amide bonds. The summed E-state index contributed by atoms with van der Waals surface area (Å²) in [7, 11) is 8.28. The Hall–Kier alpha value is -1.52. The third-order valence-electron chi connectivity index (χ3n) is 3.45. The van der Waals surface area contributed by atoms with E-state index in [4.69, 9.17) is 0 Å². The van der Waals surface area contributed by atoms with E-state index in [1.165, 1.54) is 32.5 Å². The maximum Gasteiger partial charge on any atom is 0.0527 e. The van der Waals surface area contributed by atoms with Crippen LogP contribution < -0.4 is 15.1 Å². The zero-order valence-corrected chi connectivity index (χ0v) is 14.3. The van der Waals surface area contributed by atoms with Crippen molar-refractivity contribution < 1.29 is 0 Å². The predicted octanol–water partition coefficient (Wildman–Crippen LogP) is 4.45. The van der Waals surface area contributed by atoms with Gasteiger partial charge in [0.2, 0.25) is 0 Å². The van der Waals surface area contributed by atoms with Crippen molar-refractivity contribution >= 4 is 46.9 Å². The van der Waals surface area contributed by atoms with Gasteiger partial charge in [0, 0.05) is 49.4 Å². The third kappa shape index (κ3) is 3.06. The fraction of sp³-hybridized carbons (Fsp3) is 0.250. The van der Waals surface area contributed by atoms with Gasteiger partial charge in [-0.25, -0.2) is 0 Å². The first-order valence-corrected chi connectivity index (χ1v) is 7.44. The fourth-order valence-corrected chi connectivity index (χ4v) is 3.27. The van der Waals surface area contributed by atoms with Gasteiger partial charge in [-0.05, 0) is 36.4 Å². The Labute approximate surface area is 136 Å². The maximum atomic E-state index is 3.51. The largest absolute Gasteiger partial charge is 0.378 e. The van der Waals surface area contributed by atoms with Crippen LogP contribution >= 0.6 is 24.2 Å². The van der Waals surface area contributed by atoms with Crippen molar-refractivity contribution in [3.8, 4) is 0 Å². The lowest BCUT2D eigenvalue weighted by atomic mass is 10.2. The minimum atomic E-state index is 0. The van der Waals surface area contributed by atoms with E-state index in [0.717, 1.165) is 0 Å². The van der Waals surface area contributed by atoms with Crippen molar-refractivity contribution in [2.24, 2.45) is 0 Å². The zero-order chi connectivity index (χ0) is 14.3. The smallest absolute Gasteiger partial charge is 0.0527 e. The molecule has 1 aliphatic rings. The molecule has 0 saturated carbocycles. The van der Waals surface area contributed by atoms with Gasteiger partial charge in [0.1, 0.15) is 0 Å². The lowest BCUT2D eigenvalue weighted by Crippen LogP contribution is -2.10. The lowest BCUT2D eigenvalue weighted by Gasteiger charge is -2.24. The highest BCUT2D eigenvalue weighted by Gasteiger charge is 2.17. The molecule has 21 heavy (non-hydrogen) atoms. The van der Waals surface area contributed by atoms with Crippen LogP contribution in [0.5, 0.6) is 0 Å². The summed E-state index contributed by atoms with van der Waals surface area (Å²) in [5.41, 5.74) is 4.83. The molecule has 0 bridgehead atoms. The van der Waals surface area contributed by atoms with Crippen LogP contribution in [0, 0.1) is 0 Å². The van der Waals surface area contributed by atoms with Gasteiger partial charge in [-0.2, -0.15) is 0 Å². The average molecular weight is 322 g/mol. The molecule has 2 aromatic rings. The summed E-state index contributed by atoms with van der Waals surface area (Å²) in [4.78, 5) is 6.82. The molecular weight excluding hydrogens is 302 g/mol. The summed E-state index contributed by atoms with van der Waals surface area (Å²) < 4.78 is 0. The number of anilines is 4. The Morgan fingerprint density at radius 3 is 1.57 bits per heavy atom. The number of rotatable bonds is 2. The molecule has 3 nitrogen and oxygen atoms in total. The molecule has 0 saturated heterocycles. The van der Waals surface area contributed by atoms with Gasteiger partial charge < -0.3 is 15.1 Å². The molecule has 0 aromatic heterocycles. The minimum absolute atomic E-state index is 0. The monoisotopic (exact) mass is 321 g/mol. The molecular formula is C16H20ClN3S. The fourth-order valence-electron chi connectivity index (χ4n) is 2.22. The van der Waals surface area contributed by atoms with E-state index in [1.54, 1.807) is 0 Å². The topological polar surface area (TPSA) is 18.5 Å². The van der Waals surface area contributed by atoms with Gasteiger partial charge in [0.05, 0.1) is 11.4 Å². The molecule has 0 aliphatic carbocycles. The first kappa shape index (κ1) is 15.9. The van der Waals surface area contributed by atoms with Crippen molar-refractivity contribution in [2.75, 3.05) is 43.3 Å². The number of halogens is 1. The van der Waals surface area contributed by atoms with Crippen LogP contribution in [0.4, 0.5) is 22.7 Å². The molecule has 112 valence electrons. The first-order valence-electron chi connectivity index (χ1n) is 6.62. The normalized spacial score (nSPS) is 11.6. The van der Waals surface area contributed by atoms with Crippen LogP contribution in [-0.4, -0.2) is 28.2 Å². The van der Waals surface area contributed by atoms with E-state index in [-0.39, 0.29) is 12.4 Å². The first-order chi connectivity index (χ1) is 9.54. The van der Waals surface area contributed by atoms with E-state index in [0.29, 0.717) is 0 Å². The summed E-state index contributed by atoms with van der Waals surface area (Å²) in [5, 5.41) is 3.51. The van der Waals surface area contributed by atoms with E-state index in [9.17, 15) is 0 Å². The summed E-state index contributed by atoms with van der Waals surface area (Å²) in [6, 6.07) is 13.1.